The number of carbonyl (C=O) groups is 1. The molecule has 0 spiro atoms. The van der Waals surface area contributed by atoms with Gasteiger partial charge in [0.15, 0.2) is 0 Å². The Labute approximate surface area is 100 Å². The fourth-order valence-corrected chi connectivity index (χ4v) is 1.32. The largest absolute Gasteiger partial charge is 0.465 e. The molecule has 0 aliphatic heterocycles. The van der Waals surface area contributed by atoms with Gasteiger partial charge in [-0.3, -0.25) is 0 Å². The van der Waals surface area contributed by atoms with Crippen LogP contribution in [0.1, 0.15) is 28.4 Å². The number of nitrogens with two attached hydrogens (primary N) is 1. The summed E-state index contributed by atoms with van der Waals surface area (Å²) >= 11 is 0. The molecule has 0 fully saturated rings. The molecule has 0 aliphatic rings. The number of nitriles is 1. The molecule has 0 saturated heterocycles. The van der Waals surface area contributed by atoms with Crippen LogP contribution in [0.5, 0.6) is 0 Å². The van der Waals surface area contributed by atoms with Gasteiger partial charge < -0.3 is 10.5 Å². The number of esters is 1. The minimum absolute atomic E-state index is 0. The van der Waals surface area contributed by atoms with Crippen molar-refractivity contribution in [1.29, 1.82) is 5.26 Å². The lowest BCUT2D eigenvalue weighted by atomic mass is 9.99. The second-order valence-corrected chi connectivity index (χ2v) is 3.05. The maximum absolute atomic E-state index is 11.4. The number of benzene rings is 1. The van der Waals surface area contributed by atoms with Crippen LogP contribution in [0.4, 0.5) is 0 Å². The van der Waals surface area contributed by atoms with Gasteiger partial charge in [-0.05, 0) is 11.6 Å². The Morgan fingerprint density at radius 3 is 2.75 bits per heavy atom. The van der Waals surface area contributed by atoms with Gasteiger partial charge in [-0.1, -0.05) is 18.2 Å². The van der Waals surface area contributed by atoms with Crippen LogP contribution in [0.3, 0.4) is 0 Å². The number of nitrogens with zero attached hydrogens (tertiary/aromatic N) is 1. The summed E-state index contributed by atoms with van der Waals surface area (Å²) in [6.07, 6.45) is 0.175. The van der Waals surface area contributed by atoms with Gasteiger partial charge in [0, 0.05) is 6.04 Å². The molecule has 1 atom stereocenters. The van der Waals surface area contributed by atoms with Gasteiger partial charge in [0.2, 0.25) is 0 Å². The molecule has 0 saturated carbocycles. The predicted molar refractivity (Wildman–Crippen MR) is 62.2 cm³/mol. The molecule has 5 heteroatoms. The van der Waals surface area contributed by atoms with Crippen molar-refractivity contribution in [2.45, 2.75) is 12.5 Å². The van der Waals surface area contributed by atoms with Crippen LogP contribution in [-0.2, 0) is 4.74 Å². The van der Waals surface area contributed by atoms with Crippen LogP contribution in [-0.4, -0.2) is 13.1 Å². The molecular formula is C11H13ClN2O2. The van der Waals surface area contributed by atoms with E-state index in [0.29, 0.717) is 11.1 Å². The Morgan fingerprint density at radius 2 is 2.19 bits per heavy atom. The Morgan fingerprint density at radius 1 is 1.56 bits per heavy atom. The zero-order valence-electron chi connectivity index (χ0n) is 8.84. The summed E-state index contributed by atoms with van der Waals surface area (Å²) in [5.41, 5.74) is 6.83. The third kappa shape index (κ3) is 3.23. The molecule has 0 heterocycles. The van der Waals surface area contributed by atoms with Gasteiger partial charge in [0.05, 0.1) is 25.2 Å². The number of ether oxygens (including phenoxy) is 1. The molecule has 1 aromatic carbocycles. The summed E-state index contributed by atoms with van der Waals surface area (Å²) in [5, 5.41) is 8.54. The normalized spacial score (nSPS) is 10.8. The summed E-state index contributed by atoms with van der Waals surface area (Å²) < 4.78 is 4.63. The average molecular weight is 241 g/mol. The van der Waals surface area contributed by atoms with Gasteiger partial charge in [-0.2, -0.15) is 5.26 Å². The van der Waals surface area contributed by atoms with Gasteiger partial charge in [-0.25, -0.2) is 4.79 Å². The third-order valence-corrected chi connectivity index (χ3v) is 2.08. The van der Waals surface area contributed by atoms with Crippen molar-refractivity contribution in [3.05, 3.63) is 35.4 Å². The van der Waals surface area contributed by atoms with Crippen LogP contribution in [0, 0.1) is 11.3 Å². The molecule has 0 amide bonds. The van der Waals surface area contributed by atoms with Crippen molar-refractivity contribution < 1.29 is 9.53 Å². The topological polar surface area (TPSA) is 76.1 Å². The Kier molecular flexibility index (Phi) is 6.16. The van der Waals surface area contributed by atoms with Crippen LogP contribution in [0.25, 0.3) is 0 Å². The zero-order chi connectivity index (χ0) is 11.3. The summed E-state index contributed by atoms with van der Waals surface area (Å²) in [5.74, 6) is -0.431. The second kappa shape index (κ2) is 6.83. The van der Waals surface area contributed by atoms with Gasteiger partial charge in [0.1, 0.15) is 0 Å². The molecule has 0 unspecified atom stereocenters. The number of methoxy groups -OCH3 is 1. The van der Waals surface area contributed by atoms with Crippen molar-refractivity contribution in [2.75, 3.05) is 7.11 Å². The molecule has 0 aromatic heterocycles. The smallest absolute Gasteiger partial charge is 0.338 e. The van der Waals surface area contributed by atoms with Crippen LogP contribution in [0.15, 0.2) is 24.3 Å². The lowest BCUT2D eigenvalue weighted by Gasteiger charge is -2.11. The minimum atomic E-state index is -0.453. The van der Waals surface area contributed by atoms with E-state index >= 15 is 0 Å². The van der Waals surface area contributed by atoms with E-state index in [2.05, 4.69) is 4.74 Å². The molecule has 0 aliphatic carbocycles. The van der Waals surface area contributed by atoms with Crippen LogP contribution >= 0.6 is 12.4 Å². The summed E-state index contributed by atoms with van der Waals surface area (Å²) in [4.78, 5) is 11.4. The maximum Gasteiger partial charge on any atom is 0.338 e. The zero-order valence-corrected chi connectivity index (χ0v) is 9.66. The Bertz CT molecular complexity index is 401. The monoisotopic (exact) mass is 240 g/mol. The highest BCUT2D eigenvalue weighted by Crippen LogP contribution is 2.19. The first kappa shape index (κ1) is 14.4. The fourth-order valence-electron chi connectivity index (χ4n) is 1.32. The molecule has 0 radical (unpaired) electrons. The highest BCUT2D eigenvalue weighted by molar-refractivity contribution is 5.91. The van der Waals surface area contributed by atoms with Crippen molar-refractivity contribution in [2.24, 2.45) is 5.73 Å². The lowest BCUT2D eigenvalue weighted by Crippen LogP contribution is -2.15. The quantitative estimate of drug-likeness (QED) is 0.818. The first-order valence-corrected chi connectivity index (χ1v) is 4.50. The van der Waals surface area contributed by atoms with Crippen molar-refractivity contribution in [1.82, 2.24) is 0 Å². The van der Waals surface area contributed by atoms with E-state index in [1.165, 1.54) is 7.11 Å². The van der Waals surface area contributed by atoms with Crippen LogP contribution < -0.4 is 5.73 Å². The van der Waals surface area contributed by atoms with E-state index in [0.717, 1.165) is 0 Å². The summed E-state index contributed by atoms with van der Waals surface area (Å²) in [6, 6.07) is 8.40. The van der Waals surface area contributed by atoms with E-state index in [1.54, 1.807) is 24.3 Å². The van der Waals surface area contributed by atoms with E-state index < -0.39 is 12.0 Å². The fraction of sp³-hybridized carbons (Fsp3) is 0.273. The van der Waals surface area contributed by atoms with Crippen LogP contribution in [0.2, 0.25) is 0 Å². The average Bonchev–Trinajstić information content (AvgIpc) is 2.28. The highest BCUT2D eigenvalue weighted by Gasteiger charge is 2.15. The Balaban J connectivity index is 0.00000225. The standard InChI is InChI=1S/C11H12N2O2.ClH/c1-15-11(14)9-5-3-2-4-8(9)10(13)6-7-12;/h2-5,10H,6,13H2,1H3;1H/t10-;/m1./s1. The van der Waals surface area contributed by atoms with Gasteiger partial charge in [0.25, 0.3) is 0 Å². The third-order valence-electron chi connectivity index (χ3n) is 2.08. The summed E-state index contributed by atoms with van der Waals surface area (Å²) in [7, 11) is 1.31. The SMILES string of the molecule is COC(=O)c1ccccc1[C@H](N)CC#N.Cl. The Hall–Kier alpha value is -1.57. The molecule has 4 nitrogen and oxygen atoms in total. The first-order chi connectivity index (χ1) is 7.20. The van der Waals surface area contributed by atoms with Gasteiger partial charge >= 0.3 is 5.97 Å². The molecule has 1 rings (SSSR count). The molecule has 16 heavy (non-hydrogen) atoms. The number of carbonyl (C=O) groups excluding carboxylic acids is 1. The molecule has 1 aromatic rings. The lowest BCUT2D eigenvalue weighted by molar-refractivity contribution is 0.0599. The number of rotatable bonds is 3. The molecule has 86 valence electrons. The highest BCUT2D eigenvalue weighted by atomic mass is 35.5. The predicted octanol–water partition coefficient (Wildman–Crippen LogP) is 1.81. The number of hydrogen-bond acceptors (Lipinski definition) is 4. The van der Waals surface area contributed by atoms with E-state index in [1.807, 2.05) is 6.07 Å². The second-order valence-electron chi connectivity index (χ2n) is 3.05. The van der Waals surface area contributed by atoms with E-state index in [9.17, 15) is 4.79 Å². The van der Waals surface area contributed by atoms with Crippen molar-refractivity contribution in [3.8, 4) is 6.07 Å². The molecule has 2 N–H and O–H groups in total. The van der Waals surface area contributed by atoms with Crippen molar-refractivity contribution >= 4 is 18.4 Å². The van der Waals surface area contributed by atoms with Gasteiger partial charge in [-0.15, -0.1) is 12.4 Å². The number of halogens is 1. The van der Waals surface area contributed by atoms with E-state index in [-0.39, 0.29) is 18.8 Å². The minimum Gasteiger partial charge on any atom is -0.465 e. The van der Waals surface area contributed by atoms with Crippen molar-refractivity contribution in [3.63, 3.8) is 0 Å². The van der Waals surface area contributed by atoms with E-state index in [4.69, 9.17) is 11.0 Å². The molecule has 0 bridgehead atoms. The summed E-state index contributed by atoms with van der Waals surface area (Å²) in [6.45, 7) is 0. The number of hydrogen-bond donors (Lipinski definition) is 1. The molecular weight excluding hydrogens is 228 g/mol. The maximum atomic E-state index is 11.4. The first-order valence-electron chi connectivity index (χ1n) is 4.50.